The van der Waals surface area contributed by atoms with Crippen molar-refractivity contribution in [1.82, 2.24) is 0 Å². The summed E-state index contributed by atoms with van der Waals surface area (Å²) in [5, 5.41) is -0.232. The van der Waals surface area contributed by atoms with E-state index in [1.165, 1.54) is 18.2 Å². The Bertz CT molecular complexity index is 511. The molecule has 0 bridgehead atoms. The van der Waals surface area contributed by atoms with Gasteiger partial charge in [-0.15, -0.1) is 0 Å². The summed E-state index contributed by atoms with van der Waals surface area (Å²) in [6.45, 7) is 0. The van der Waals surface area contributed by atoms with Crippen LogP contribution in [-0.2, 0) is 5.92 Å². The first-order valence-electron chi connectivity index (χ1n) is 4.25. The minimum absolute atomic E-state index is 0.00132. The molecule has 0 unspecified atom stereocenters. The van der Waals surface area contributed by atoms with E-state index in [-0.39, 0.29) is 11.0 Å². The fraction of sp³-hybridized carbons (Fsp3) is 0.200. The third kappa shape index (κ3) is 1.45. The molecule has 16 heavy (non-hydrogen) atoms. The minimum Gasteiger partial charge on any atom is -0.464 e. The van der Waals surface area contributed by atoms with Crippen LogP contribution in [0, 0.1) is 0 Å². The molecular weight excluding hydrogens is 231 g/mol. The number of rotatable bonds is 1. The van der Waals surface area contributed by atoms with E-state index in [0.29, 0.717) is 6.26 Å². The van der Waals surface area contributed by atoms with Crippen LogP contribution in [0.1, 0.15) is 5.56 Å². The first-order valence-corrected chi connectivity index (χ1v) is 4.25. The van der Waals surface area contributed by atoms with Crippen LogP contribution in [0.3, 0.4) is 0 Å². The molecule has 0 spiro atoms. The highest BCUT2D eigenvalue weighted by Gasteiger charge is 2.60. The number of fused-ring (bicyclic) bond motifs is 1. The molecule has 0 aliphatic heterocycles. The summed E-state index contributed by atoms with van der Waals surface area (Å²) < 4.78 is 67.1. The third-order valence-corrected chi connectivity index (χ3v) is 2.18. The summed E-state index contributed by atoms with van der Waals surface area (Å²) in [5.74, 6) is -4.90. The molecule has 0 saturated carbocycles. The standard InChI is InChI=1S/C10H5F5O/c11-9(12,10(13,14)15)7-5-16-8-4-2-1-3-6(7)8/h1-5H. The van der Waals surface area contributed by atoms with E-state index in [1.807, 2.05) is 0 Å². The number of alkyl halides is 5. The average molecular weight is 236 g/mol. The quantitative estimate of drug-likeness (QED) is 0.680. The lowest BCUT2D eigenvalue weighted by Crippen LogP contribution is -2.33. The summed E-state index contributed by atoms with van der Waals surface area (Å²) in [7, 11) is 0. The topological polar surface area (TPSA) is 13.1 Å². The summed E-state index contributed by atoms with van der Waals surface area (Å²) in [6.07, 6.45) is -5.18. The van der Waals surface area contributed by atoms with Crippen LogP contribution >= 0.6 is 0 Å². The van der Waals surface area contributed by atoms with Crippen LogP contribution in [0.15, 0.2) is 34.9 Å². The Balaban J connectivity index is 2.64. The first-order chi connectivity index (χ1) is 7.34. The van der Waals surface area contributed by atoms with Gasteiger partial charge in [0.2, 0.25) is 0 Å². The molecule has 1 aromatic heterocycles. The summed E-state index contributed by atoms with van der Waals surface area (Å²) in [5.41, 5.74) is -1.16. The molecule has 0 atom stereocenters. The second-order valence-corrected chi connectivity index (χ2v) is 3.22. The van der Waals surface area contributed by atoms with Crippen molar-refractivity contribution < 1.29 is 26.4 Å². The van der Waals surface area contributed by atoms with Crippen molar-refractivity contribution in [2.45, 2.75) is 12.1 Å². The van der Waals surface area contributed by atoms with Gasteiger partial charge in [-0.25, -0.2) is 0 Å². The van der Waals surface area contributed by atoms with Crippen LogP contribution in [0.2, 0.25) is 0 Å². The molecule has 1 nitrogen and oxygen atoms in total. The van der Waals surface area contributed by atoms with Gasteiger partial charge in [0.25, 0.3) is 0 Å². The maximum atomic E-state index is 13.0. The van der Waals surface area contributed by atoms with E-state index in [9.17, 15) is 22.0 Å². The number of halogens is 5. The van der Waals surface area contributed by atoms with E-state index in [4.69, 9.17) is 0 Å². The van der Waals surface area contributed by atoms with Crippen molar-refractivity contribution in [2.75, 3.05) is 0 Å². The zero-order valence-electron chi connectivity index (χ0n) is 7.68. The predicted molar refractivity (Wildman–Crippen MR) is 46.2 cm³/mol. The Kier molecular flexibility index (Phi) is 2.18. The summed E-state index contributed by atoms with van der Waals surface area (Å²) in [4.78, 5) is 0. The van der Waals surface area contributed by atoms with Crippen LogP contribution in [0.5, 0.6) is 0 Å². The van der Waals surface area contributed by atoms with Crippen LogP contribution in [0.25, 0.3) is 11.0 Å². The van der Waals surface area contributed by atoms with Gasteiger partial charge >= 0.3 is 12.1 Å². The highest BCUT2D eigenvalue weighted by Crippen LogP contribution is 2.46. The molecule has 0 N–H and O–H groups in total. The number of furan rings is 1. The van der Waals surface area contributed by atoms with Gasteiger partial charge in [-0.2, -0.15) is 22.0 Å². The molecule has 1 heterocycles. The zero-order chi connectivity index (χ0) is 12.0. The third-order valence-electron chi connectivity index (χ3n) is 2.18. The largest absolute Gasteiger partial charge is 0.464 e. The molecular formula is C10H5F5O. The Labute approximate surface area is 86.5 Å². The molecule has 0 saturated heterocycles. The van der Waals surface area contributed by atoms with E-state index in [1.54, 1.807) is 0 Å². The molecule has 0 aliphatic rings. The normalized spacial score (nSPS) is 13.3. The Hall–Kier alpha value is -1.59. The van der Waals surface area contributed by atoms with Crippen LogP contribution in [0.4, 0.5) is 22.0 Å². The Morgan fingerprint density at radius 2 is 1.56 bits per heavy atom. The molecule has 0 amide bonds. The smallest absolute Gasteiger partial charge is 0.458 e. The monoisotopic (exact) mass is 236 g/mol. The highest BCUT2D eigenvalue weighted by molar-refractivity contribution is 5.81. The number of hydrogen-bond acceptors (Lipinski definition) is 1. The number of benzene rings is 1. The van der Waals surface area contributed by atoms with E-state index < -0.39 is 17.7 Å². The fourth-order valence-electron chi connectivity index (χ4n) is 1.37. The molecule has 0 radical (unpaired) electrons. The molecule has 86 valence electrons. The summed E-state index contributed by atoms with van der Waals surface area (Å²) >= 11 is 0. The highest BCUT2D eigenvalue weighted by atomic mass is 19.4. The molecule has 0 fully saturated rings. The molecule has 6 heteroatoms. The fourth-order valence-corrected chi connectivity index (χ4v) is 1.37. The van der Waals surface area contributed by atoms with Gasteiger partial charge in [0, 0.05) is 5.39 Å². The van der Waals surface area contributed by atoms with Gasteiger partial charge in [-0.05, 0) is 6.07 Å². The van der Waals surface area contributed by atoms with Crippen molar-refractivity contribution in [2.24, 2.45) is 0 Å². The lowest BCUT2D eigenvalue weighted by Gasteiger charge is -2.18. The van der Waals surface area contributed by atoms with Crippen molar-refractivity contribution in [3.63, 3.8) is 0 Å². The molecule has 2 rings (SSSR count). The minimum atomic E-state index is -5.63. The lowest BCUT2D eigenvalue weighted by atomic mass is 10.1. The number of para-hydroxylation sites is 1. The van der Waals surface area contributed by atoms with Gasteiger partial charge in [0.05, 0.1) is 5.56 Å². The van der Waals surface area contributed by atoms with Gasteiger partial charge in [0.1, 0.15) is 11.8 Å². The van der Waals surface area contributed by atoms with Crippen molar-refractivity contribution in [3.05, 3.63) is 36.1 Å². The maximum absolute atomic E-state index is 13.0. The second-order valence-electron chi connectivity index (χ2n) is 3.22. The summed E-state index contributed by atoms with van der Waals surface area (Å²) in [6, 6.07) is 5.34. The number of hydrogen-bond donors (Lipinski definition) is 0. The Morgan fingerprint density at radius 3 is 2.19 bits per heavy atom. The van der Waals surface area contributed by atoms with Gasteiger partial charge in [-0.1, -0.05) is 18.2 Å². The lowest BCUT2D eigenvalue weighted by molar-refractivity contribution is -0.289. The van der Waals surface area contributed by atoms with Crippen molar-refractivity contribution in [3.8, 4) is 0 Å². The van der Waals surface area contributed by atoms with Gasteiger partial charge in [-0.3, -0.25) is 0 Å². The SMILES string of the molecule is FC(F)(F)C(F)(F)c1coc2ccccc12. The van der Waals surface area contributed by atoms with Gasteiger partial charge < -0.3 is 4.42 Å². The second kappa shape index (κ2) is 3.20. The first kappa shape index (κ1) is 10.9. The maximum Gasteiger partial charge on any atom is 0.458 e. The zero-order valence-corrected chi connectivity index (χ0v) is 7.68. The van der Waals surface area contributed by atoms with E-state index in [2.05, 4.69) is 4.42 Å². The van der Waals surface area contributed by atoms with Crippen LogP contribution in [-0.4, -0.2) is 6.18 Å². The van der Waals surface area contributed by atoms with Crippen molar-refractivity contribution >= 4 is 11.0 Å². The van der Waals surface area contributed by atoms with Gasteiger partial charge in [0.15, 0.2) is 0 Å². The average Bonchev–Trinajstić information content (AvgIpc) is 2.59. The molecule has 1 aromatic carbocycles. The van der Waals surface area contributed by atoms with Crippen molar-refractivity contribution in [1.29, 1.82) is 0 Å². The predicted octanol–water partition coefficient (Wildman–Crippen LogP) is 4.09. The van der Waals surface area contributed by atoms with E-state index in [0.717, 1.165) is 6.07 Å². The van der Waals surface area contributed by atoms with E-state index >= 15 is 0 Å². The Morgan fingerprint density at radius 1 is 0.938 bits per heavy atom. The molecule has 2 aromatic rings. The molecule has 0 aliphatic carbocycles. The van der Waals surface area contributed by atoms with Crippen LogP contribution < -0.4 is 0 Å².